The minimum Gasteiger partial charge on any atom is -0.497 e. The van der Waals surface area contributed by atoms with E-state index in [1.165, 1.54) is 5.69 Å². The van der Waals surface area contributed by atoms with Crippen molar-refractivity contribution >= 4 is 17.3 Å². The first-order valence-corrected chi connectivity index (χ1v) is 9.74. The van der Waals surface area contributed by atoms with Crippen molar-refractivity contribution in [2.24, 2.45) is 0 Å². The molecule has 0 saturated carbocycles. The Hall–Kier alpha value is -2.73. The third kappa shape index (κ3) is 4.95. The Kier molecular flexibility index (Phi) is 6.76. The van der Waals surface area contributed by atoms with Crippen LogP contribution in [0.25, 0.3) is 0 Å². The van der Waals surface area contributed by atoms with Crippen LogP contribution in [0.4, 0.5) is 11.4 Å². The fourth-order valence-corrected chi connectivity index (χ4v) is 3.44. The molecule has 1 N–H and O–H groups in total. The summed E-state index contributed by atoms with van der Waals surface area (Å²) in [4.78, 5) is 18.9. The van der Waals surface area contributed by atoms with Gasteiger partial charge in [-0.1, -0.05) is 18.2 Å². The van der Waals surface area contributed by atoms with E-state index in [4.69, 9.17) is 4.74 Å². The van der Waals surface area contributed by atoms with Crippen molar-refractivity contribution in [1.82, 2.24) is 9.80 Å². The number of carbonyl (C=O) groups excluding carboxylic acids is 1. The molecule has 2 aromatic carbocycles. The number of carbonyl (C=O) groups is 1. The summed E-state index contributed by atoms with van der Waals surface area (Å²) in [7, 11) is 5.17. The molecule has 6 heteroatoms. The van der Waals surface area contributed by atoms with Crippen molar-refractivity contribution in [3.63, 3.8) is 0 Å². The fourth-order valence-electron chi connectivity index (χ4n) is 3.44. The first-order chi connectivity index (χ1) is 13.6. The second-order valence-electron chi connectivity index (χ2n) is 7.20. The zero-order valence-electron chi connectivity index (χ0n) is 17.0. The topological polar surface area (TPSA) is 48.1 Å². The van der Waals surface area contributed by atoms with Crippen LogP contribution in [0.3, 0.4) is 0 Å². The molecule has 1 fully saturated rings. The number of nitrogens with zero attached hydrogens (tertiary/aromatic N) is 3. The van der Waals surface area contributed by atoms with Crippen LogP contribution < -0.4 is 15.0 Å². The highest BCUT2D eigenvalue weighted by atomic mass is 16.5. The van der Waals surface area contributed by atoms with Crippen LogP contribution in [0.15, 0.2) is 48.5 Å². The third-order valence-electron chi connectivity index (χ3n) is 5.10. The molecule has 28 heavy (non-hydrogen) atoms. The number of methoxy groups -OCH3 is 1. The molecule has 3 rings (SSSR count). The quantitative estimate of drug-likeness (QED) is 0.798. The van der Waals surface area contributed by atoms with E-state index in [0.717, 1.165) is 50.7 Å². The summed E-state index contributed by atoms with van der Waals surface area (Å²) in [6.45, 7) is 5.87. The van der Waals surface area contributed by atoms with Gasteiger partial charge in [0.25, 0.3) is 5.91 Å². The van der Waals surface area contributed by atoms with Crippen LogP contribution in [0.1, 0.15) is 10.4 Å². The Morgan fingerprint density at radius 3 is 2.43 bits per heavy atom. The predicted molar refractivity (Wildman–Crippen MR) is 115 cm³/mol. The second kappa shape index (κ2) is 9.46. The Bertz CT molecular complexity index is 771. The Balaban J connectivity index is 1.53. The van der Waals surface area contributed by atoms with E-state index in [2.05, 4.69) is 45.4 Å². The van der Waals surface area contributed by atoms with Gasteiger partial charge in [-0.25, -0.2) is 0 Å². The molecule has 2 aromatic rings. The van der Waals surface area contributed by atoms with E-state index in [1.807, 2.05) is 18.2 Å². The number of benzene rings is 2. The van der Waals surface area contributed by atoms with Crippen molar-refractivity contribution in [3.8, 4) is 5.75 Å². The Morgan fingerprint density at radius 1 is 1.07 bits per heavy atom. The summed E-state index contributed by atoms with van der Waals surface area (Å²) in [6.07, 6.45) is 0. The average molecular weight is 383 g/mol. The Morgan fingerprint density at radius 2 is 1.79 bits per heavy atom. The van der Waals surface area contributed by atoms with Gasteiger partial charge in [-0.15, -0.1) is 0 Å². The fraction of sp³-hybridized carbons (Fsp3) is 0.409. The highest BCUT2D eigenvalue weighted by Gasteiger charge is 2.18. The second-order valence-corrected chi connectivity index (χ2v) is 7.20. The van der Waals surface area contributed by atoms with E-state index in [0.29, 0.717) is 5.56 Å². The first-order valence-electron chi connectivity index (χ1n) is 9.74. The zero-order valence-corrected chi connectivity index (χ0v) is 17.0. The van der Waals surface area contributed by atoms with E-state index in [-0.39, 0.29) is 5.91 Å². The van der Waals surface area contributed by atoms with E-state index < -0.39 is 0 Å². The predicted octanol–water partition coefficient (Wildman–Crippen LogP) is 2.63. The number of ether oxygens (including phenoxy) is 1. The number of hydrogen-bond acceptors (Lipinski definition) is 5. The third-order valence-corrected chi connectivity index (χ3v) is 5.10. The molecule has 1 heterocycles. The molecule has 0 aromatic heterocycles. The van der Waals surface area contributed by atoms with Gasteiger partial charge in [-0.3, -0.25) is 9.69 Å². The molecule has 1 aliphatic rings. The van der Waals surface area contributed by atoms with E-state index in [1.54, 1.807) is 26.1 Å². The van der Waals surface area contributed by atoms with Gasteiger partial charge in [-0.05, 0) is 24.3 Å². The molecule has 0 aliphatic carbocycles. The number of piperazine rings is 1. The number of para-hydroxylation sites is 1. The summed E-state index contributed by atoms with van der Waals surface area (Å²) in [5.41, 5.74) is 2.78. The maximum Gasteiger partial charge on any atom is 0.255 e. The van der Waals surface area contributed by atoms with Gasteiger partial charge in [0.2, 0.25) is 0 Å². The van der Waals surface area contributed by atoms with Gasteiger partial charge in [0.15, 0.2) is 0 Å². The van der Waals surface area contributed by atoms with Crippen molar-refractivity contribution in [2.75, 3.05) is 70.7 Å². The van der Waals surface area contributed by atoms with Crippen LogP contribution in [-0.2, 0) is 0 Å². The normalized spacial score (nSPS) is 14.6. The minimum absolute atomic E-state index is 0.0124. The van der Waals surface area contributed by atoms with Gasteiger partial charge in [-0.2, -0.15) is 0 Å². The lowest BCUT2D eigenvalue weighted by atomic mass is 10.1. The number of hydrogen-bond donors (Lipinski definition) is 1. The number of nitrogens with one attached hydrogen (secondary N) is 1. The summed E-state index contributed by atoms with van der Waals surface area (Å²) >= 11 is 0. The summed E-state index contributed by atoms with van der Waals surface area (Å²) in [5, 5.41) is 3.43. The summed E-state index contributed by atoms with van der Waals surface area (Å²) in [6, 6.07) is 16.1. The molecular weight excluding hydrogens is 352 g/mol. The van der Waals surface area contributed by atoms with Gasteiger partial charge < -0.3 is 19.9 Å². The largest absolute Gasteiger partial charge is 0.497 e. The highest BCUT2D eigenvalue weighted by molar-refractivity contribution is 5.99. The summed E-state index contributed by atoms with van der Waals surface area (Å²) < 4.78 is 5.32. The van der Waals surface area contributed by atoms with E-state index in [9.17, 15) is 4.79 Å². The minimum atomic E-state index is -0.0124. The highest BCUT2D eigenvalue weighted by Crippen LogP contribution is 2.23. The molecule has 150 valence electrons. The van der Waals surface area contributed by atoms with Gasteiger partial charge in [0.05, 0.1) is 18.4 Å². The monoisotopic (exact) mass is 382 g/mol. The summed E-state index contributed by atoms with van der Waals surface area (Å²) in [5.74, 6) is 0.732. The molecule has 0 spiro atoms. The number of amides is 1. The van der Waals surface area contributed by atoms with Gasteiger partial charge in [0.1, 0.15) is 5.75 Å². The standard InChI is InChI=1S/C22H30N4O2/c1-24(2)22(27)20-10-9-19(28-3)17-21(20)23-11-12-25-13-15-26(16-14-25)18-7-5-4-6-8-18/h4-10,17,23H,11-16H2,1-3H3. The zero-order chi connectivity index (χ0) is 19.9. The molecule has 0 radical (unpaired) electrons. The molecular formula is C22H30N4O2. The van der Waals surface area contributed by atoms with Crippen LogP contribution in [0.5, 0.6) is 5.75 Å². The Labute approximate surface area is 167 Å². The van der Waals surface area contributed by atoms with E-state index >= 15 is 0 Å². The van der Waals surface area contributed by atoms with Crippen molar-refractivity contribution in [3.05, 3.63) is 54.1 Å². The molecule has 1 amide bonds. The molecule has 1 aliphatic heterocycles. The molecule has 6 nitrogen and oxygen atoms in total. The van der Waals surface area contributed by atoms with Gasteiger partial charge >= 0.3 is 0 Å². The maximum absolute atomic E-state index is 12.4. The van der Waals surface area contributed by atoms with Gasteiger partial charge in [0, 0.05) is 65.1 Å². The lowest BCUT2D eigenvalue weighted by Gasteiger charge is -2.36. The molecule has 1 saturated heterocycles. The lowest BCUT2D eigenvalue weighted by molar-refractivity contribution is 0.0828. The SMILES string of the molecule is COc1ccc(C(=O)N(C)C)c(NCCN2CCN(c3ccccc3)CC2)c1. The van der Waals surface area contributed by atoms with Crippen molar-refractivity contribution in [2.45, 2.75) is 0 Å². The van der Waals surface area contributed by atoms with Crippen molar-refractivity contribution in [1.29, 1.82) is 0 Å². The van der Waals surface area contributed by atoms with Crippen LogP contribution in [-0.4, -0.2) is 76.2 Å². The smallest absolute Gasteiger partial charge is 0.255 e. The average Bonchev–Trinajstić information content (AvgIpc) is 2.74. The van der Waals surface area contributed by atoms with Crippen molar-refractivity contribution < 1.29 is 9.53 Å². The molecule has 0 unspecified atom stereocenters. The molecule has 0 atom stereocenters. The number of rotatable bonds is 7. The number of anilines is 2. The lowest BCUT2D eigenvalue weighted by Crippen LogP contribution is -2.47. The van der Waals surface area contributed by atoms with Crippen LogP contribution in [0.2, 0.25) is 0 Å². The van der Waals surface area contributed by atoms with Crippen LogP contribution >= 0.6 is 0 Å². The molecule has 0 bridgehead atoms. The van der Waals surface area contributed by atoms with Crippen LogP contribution in [0, 0.1) is 0 Å². The first kappa shape index (κ1) is 20.0. The maximum atomic E-state index is 12.4.